The van der Waals surface area contributed by atoms with Gasteiger partial charge in [0.25, 0.3) is 0 Å². The fourth-order valence-corrected chi connectivity index (χ4v) is 1.99. The number of aryl methyl sites for hydroxylation is 1. The third kappa shape index (κ3) is 1.88. The van der Waals surface area contributed by atoms with Crippen LogP contribution in [-0.2, 0) is 5.41 Å². The highest BCUT2D eigenvalue weighted by Crippen LogP contribution is 2.29. The van der Waals surface area contributed by atoms with Crippen molar-refractivity contribution in [3.63, 3.8) is 0 Å². The van der Waals surface area contributed by atoms with E-state index in [0.29, 0.717) is 11.3 Å². The number of carbonyl (C=O) groups is 1. The van der Waals surface area contributed by atoms with Crippen molar-refractivity contribution in [2.45, 2.75) is 39.5 Å². The molecule has 0 bridgehead atoms. The van der Waals surface area contributed by atoms with Crippen LogP contribution in [-0.4, -0.2) is 20.5 Å². The summed E-state index contributed by atoms with van der Waals surface area (Å²) in [4.78, 5) is 16.0. The summed E-state index contributed by atoms with van der Waals surface area (Å²) in [5.41, 5.74) is 2.46. The van der Waals surface area contributed by atoms with Gasteiger partial charge < -0.3 is 5.11 Å². The number of aromatic carboxylic acids is 1. The summed E-state index contributed by atoms with van der Waals surface area (Å²) in [7, 11) is 0. The normalized spacial score (nSPS) is 12.0. The van der Waals surface area contributed by atoms with Crippen LogP contribution >= 0.6 is 0 Å². The molecule has 0 atom stereocenters. The first-order chi connectivity index (χ1) is 8.36. The summed E-state index contributed by atoms with van der Waals surface area (Å²) in [6.45, 7) is 8.06. The highest BCUT2D eigenvalue weighted by Gasteiger charge is 2.29. The number of fused-ring (bicyclic) bond motifs is 1. The van der Waals surface area contributed by atoms with Crippen LogP contribution in [0, 0.1) is 6.92 Å². The molecule has 0 saturated carbocycles. The van der Waals surface area contributed by atoms with Crippen LogP contribution in [0.2, 0.25) is 0 Å². The van der Waals surface area contributed by atoms with Crippen molar-refractivity contribution in [2.24, 2.45) is 0 Å². The van der Waals surface area contributed by atoms with Crippen LogP contribution in [0.4, 0.5) is 0 Å². The summed E-state index contributed by atoms with van der Waals surface area (Å²) in [6, 6.07) is 3.80. The second-order valence-corrected chi connectivity index (χ2v) is 5.28. The number of carboxylic acid groups (broad SMARTS) is 1. The van der Waals surface area contributed by atoms with E-state index < -0.39 is 5.97 Å². The van der Waals surface area contributed by atoms with Gasteiger partial charge in [0, 0.05) is 11.6 Å². The Bertz CT molecular complexity index is 612. The first-order valence-corrected chi connectivity index (χ1v) is 6.09. The van der Waals surface area contributed by atoms with E-state index in [1.54, 1.807) is 10.6 Å². The number of rotatable bonds is 3. The summed E-state index contributed by atoms with van der Waals surface area (Å²) in [6.07, 6.45) is 2.62. The summed E-state index contributed by atoms with van der Waals surface area (Å²) in [5.74, 6) is -0.928. The minimum Gasteiger partial charge on any atom is -0.477 e. The third-order valence-corrected chi connectivity index (χ3v) is 3.51. The molecular weight excluding hydrogens is 228 g/mol. The summed E-state index contributed by atoms with van der Waals surface area (Å²) >= 11 is 0. The molecule has 2 heterocycles. The maximum Gasteiger partial charge on any atom is 0.354 e. The molecule has 0 unspecified atom stereocenters. The minimum absolute atomic E-state index is 0.242. The average Bonchev–Trinajstić information content (AvgIpc) is 2.68. The number of hydrogen-bond acceptors (Lipinski definition) is 2. The van der Waals surface area contributed by atoms with Crippen molar-refractivity contribution in [2.75, 3.05) is 0 Å². The quantitative estimate of drug-likeness (QED) is 0.905. The molecule has 0 aliphatic heterocycles. The Kier molecular flexibility index (Phi) is 2.89. The van der Waals surface area contributed by atoms with Crippen LogP contribution in [0.3, 0.4) is 0 Å². The first-order valence-electron chi connectivity index (χ1n) is 6.09. The van der Waals surface area contributed by atoms with E-state index in [0.717, 1.165) is 12.0 Å². The minimum atomic E-state index is -0.928. The van der Waals surface area contributed by atoms with Gasteiger partial charge in [-0.3, -0.25) is 4.40 Å². The molecule has 0 aliphatic rings. The molecule has 0 fully saturated rings. The topological polar surface area (TPSA) is 54.6 Å². The largest absolute Gasteiger partial charge is 0.477 e. The molecule has 0 radical (unpaired) electrons. The van der Waals surface area contributed by atoms with E-state index in [2.05, 4.69) is 4.98 Å². The predicted molar refractivity (Wildman–Crippen MR) is 70.2 cm³/mol. The standard InChI is InChI=1S/C14H18N2O2/c1-5-14(3,4)12-11(13(17)18)16-7-6-9(2)8-10(16)15-12/h6-8H,5H2,1-4H3,(H,17,18). The monoisotopic (exact) mass is 246 g/mol. The molecule has 0 saturated heterocycles. The van der Waals surface area contributed by atoms with E-state index >= 15 is 0 Å². The van der Waals surface area contributed by atoms with Gasteiger partial charge in [0.1, 0.15) is 5.65 Å². The molecule has 0 spiro atoms. The zero-order chi connectivity index (χ0) is 13.5. The van der Waals surface area contributed by atoms with Crippen LogP contribution < -0.4 is 0 Å². The SMILES string of the molecule is CCC(C)(C)c1nc2cc(C)ccn2c1C(=O)O. The molecule has 96 valence electrons. The van der Waals surface area contributed by atoms with Crippen molar-refractivity contribution >= 4 is 11.6 Å². The number of aromatic nitrogens is 2. The van der Waals surface area contributed by atoms with Crippen molar-refractivity contribution in [1.82, 2.24) is 9.38 Å². The number of pyridine rings is 1. The van der Waals surface area contributed by atoms with Gasteiger partial charge in [-0.2, -0.15) is 0 Å². The van der Waals surface area contributed by atoms with Crippen LogP contribution in [0.1, 0.15) is 48.9 Å². The van der Waals surface area contributed by atoms with Gasteiger partial charge in [-0.05, 0) is 31.0 Å². The lowest BCUT2D eigenvalue weighted by atomic mass is 9.85. The Balaban J connectivity index is 2.81. The number of nitrogens with zero attached hydrogens (tertiary/aromatic N) is 2. The predicted octanol–water partition coefficient (Wildman–Crippen LogP) is 3.03. The molecule has 4 nitrogen and oxygen atoms in total. The maximum absolute atomic E-state index is 11.5. The van der Waals surface area contributed by atoms with Gasteiger partial charge >= 0.3 is 5.97 Å². The van der Waals surface area contributed by atoms with E-state index in [4.69, 9.17) is 0 Å². The lowest BCUT2D eigenvalue weighted by Gasteiger charge is -2.20. The van der Waals surface area contributed by atoms with E-state index in [1.165, 1.54) is 0 Å². The molecule has 0 aromatic carbocycles. The van der Waals surface area contributed by atoms with Gasteiger partial charge in [0.05, 0.1) is 5.69 Å². The number of hydrogen-bond donors (Lipinski definition) is 1. The molecule has 4 heteroatoms. The van der Waals surface area contributed by atoms with E-state index in [9.17, 15) is 9.90 Å². The Morgan fingerprint density at radius 3 is 2.72 bits per heavy atom. The van der Waals surface area contributed by atoms with Gasteiger partial charge in [-0.15, -0.1) is 0 Å². The molecule has 2 aromatic heterocycles. The summed E-state index contributed by atoms with van der Waals surface area (Å²) < 4.78 is 1.65. The van der Waals surface area contributed by atoms with Crippen LogP contribution in [0.25, 0.3) is 5.65 Å². The maximum atomic E-state index is 11.5. The van der Waals surface area contributed by atoms with Crippen LogP contribution in [0.5, 0.6) is 0 Å². The van der Waals surface area contributed by atoms with Gasteiger partial charge in [-0.1, -0.05) is 20.8 Å². The third-order valence-electron chi connectivity index (χ3n) is 3.51. The lowest BCUT2D eigenvalue weighted by Crippen LogP contribution is -2.20. The van der Waals surface area contributed by atoms with Gasteiger partial charge in [-0.25, -0.2) is 9.78 Å². The second-order valence-electron chi connectivity index (χ2n) is 5.28. The highest BCUT2D eigenvalue weighted by atomic mass is 16.4. The molecule has 0 amide bonds. The number of carboxylic acids is 1. The van der Waals surface area contributed by atoms with E-state index in [1.807, 2.05) is 39.8 Å². The Morgan fingerprint density at radius 1 is 1.50 bits per heavy atom. The molecular formula is C14H18N2O2. The average molecular weight is 246 g/mol. The second kappa shape index (κ2) is 4.12. The molecule has 1 N–H and O–H groups in total. The Hall–Kier alpha value is -1.84. The molecule has 18 heavy (non-hydrogen) atoms. The highest BCUT2D eigenvalue weighted by molar-refractivity contribution is 5.89. The Morgan fingerprint density at radius 2 is 2.17 bits per heavy atom. The van der Waals surface area contributed by atoms with Gasteiger partial charge in [0.15, 0.2) is 5.69 Å². The Labute approximate surface area is 106 Å². The van der Waals surface area contributed by atoms with E-state index in [-0.39, 0.29) is 11.1 Å². The molecule has 0 aliphatic carbocycles. The smallest absolute Gasteiger partial charge is 0.354 e. The first kappa shape index (κ1) is 12.6. The van der Waals surface area contributed by atoms with Crippen molar-refractivity contribution in [1.29, 1.82) is 0 Å². The number of imidazole rings is 1. The fourth-order valence-electron chi connectivity index (χ4n) is 1.99. The molecule has 2 rings (SSSR count). The van der Waals surface area contributed by atoms with Crippen molar-refractivity contribution in [3.8, 4) is 0 Å². The van der Waals surface area contributed by atoms with Crippen LogP contribution in [0.15, 0.2) is 18.3 Å². The summed E-state index contributed by atoms with van der Waals surface area (Å²) in [5, 5.41) is 9.42. The zero-order valence-corrected chi connectivity index (χ0v) is 11.2. The van der Waals surface area contributed by atoms with Crippen molar-refractivity contribution in [3.05, 3.63) is 35.3 Å². The zero-order valence-electron chi connectivity index (χ0n) is 11.2. The lowest BCUT2D eigenvalue weighted by molar-refractivity contribution is 0.0686. The fraction of sp³-hybridized carbons (Fsp3) is 0.429. The molecule has 2 aromatic rings. The van der Waals surface area contributed by atoms with Gasteiger partial charge in [0.2, 0.25) is 0 Å². The van der Waals surface area contributed by atoms with Crippen molar-refractivity contribution < 1.29 is 9.90 Å².